The molecule has 0 aliphatic carbocycles. The molecule has 3 aromatic rings. The van der Waals surface area contributed by atoms with Gasteiger partial charge >= 0.3 is 0 Å². The fraction of sp³-hybridized carbons (Fsp3) is 0.417. The molecule has 2 aliphatic rings. The molecule has 0 amide bonds. The second-order valence-corrected chi connectivity index (χ2v) is 8.69. The lowest BCUT2D eigenvalue weighted by molar-refractivity contribution is 0.0321. The zero-order valence-corrected chi connectivity index (χ0v) is 18.7. The molecule has 2 fully saturated rings. The molecule has 0 saturated carbocycles. The fourth-order valence-electron chi connectivity index (χ4n) is 4.66. The van der Waals surface area contributed by atoms with Crippen molar-refractivity contribution in [2.24, 2.45) is 0 Å². The molecule has 33 heavy (non-hydrogen) atoms. The first kappa shape index (κ1) is 21.8. The number of nitrogens with zero attached hydrogens (tertiary/aromatic N) is 5. The van der Waals surface area contributed by atoms with Gasteiger partial charge in [0.15, 0.2) is 0 Å². The van der Waals surface area contributed by atoms with Crippen LogP contribution in [0, 0.1) is 18.6 Å². The van der Waals surface area contributed by atoms with E-state index < -0.39 is 11.6 Å². The maximum absolute atomic E-state index is 13.5. The third-order valence-corrected chi connectivity index (χ3v) is 6.31. The summed E-state index contributed by atoms with van der Waals surface area (Å²) in [5.74, 6) is -0.953. The van der Waals surface area contributed by atoms with Gasteiger partial charge in [0.1, 0.15) is 18.0 Å². The van der Waals surface area contributed by atoms with E-state index in [1.54, 1.807) is 0 Å². The number of hydrogen-bond donors (Lipinski definition) is 1. The monoisotopic (exact) mass is 456 g/mol. The van der Waals surface area contributed by atoms with Gasteiger partial charge in [0.25, 0.3) is 0 Å². The molecule has 0 atom stereocenters. The summed E-state index contributed by atoms with van der Waals surface area (Å²) in [6, 6.07) is 10.2. The maximum Gasteiger partial charge on any atom is 0.246 e. The molecule has 5 rings (SSSR count). The highest BCUT2D eigenvalue weighted by atomic mass is 19.1. The molecule has 0 unspecified atom stereocenters. The summed E-state index contributed by atoms with van der Waals surface area (Å²) >= 11 is 0. The SMILES string of the molecule is Cc1cc(Nc2ncn(-c3cc(F)cc(F)c3)n2)cc(N2CCN(C3CCOCC3)CC2)c1.[HH]. The van der Waals surface area contributed by atoms with E-state index in [1.165, 1.54) is 23.1 Å². The number of anilines is 3. The highest BCUT2D eigenvalue weighted by molar-refractivity contribution is 5.64. The van der Waals surface area contributed by atoms with Crippen molar-refractivity contribution in [2.45, 2.75) is 25.8 Å². The van der Waals surface area contributed by atoms with Crippen LogP contribution in [0.2, 0.25) is 0 Å². The Kier molecular flexibility index (Phi) is 6.24. The predicted octanol–water partition coefficient (Wildman–Crippen LogP) is 4.14. The molecular formula is C24H30F2N6O. The van der Waals surface area contributed by atoms with Crippen LogP contribution in [0.25, 0.3) is 5.69 Å². The smallest absolute Gasteiger partial charge is 0.246 e. The first-order chi connectivity index (χ1) is 16.0. The lowest BCUT2D eigenvalue weighted by Crippen LogP contribution is -2.51. The molecule has 7 nitrogen and oxygen atoms in total. The third-order valence-electron chi connectivity index (χ3n) is 6.31. The highest BCUT2D eigenvalue weighted by Crippen LogP contribution is 2.26. The minimum Gasteiger partial charge on any atom is -0.381 e. The molecule has 9 heteroatoms. The lowest BCUT2D eigenvalue weighted by atomic mass is 10.1. The summed E-state index contributed by atoms with van der Waals surface area (Å²) in [5.41, 5.74) is 3.45. The second-order valence-electron chi connectivity index (χ2n) is 8.69. The predicted molar refractivity (Wildman–Crippen MR) is 125 cm³/mol. The largest absolute Gasteiger partial charge is 0.381 e. The summed E-state index contributed by atoms with van der Waals surface area (Å²) < 4.78 is 33.9. The molecule has 0 radical (unpaired) electrons. The zero-order chi connectivity index (χ0) is 22.8. The van der Waals surface area contributed by atoms with Crippen molar-refractivity contribution >= 4 is 17.3 Å². The summed E-state index contributed by atoms with van der Waals surface area (Å²) in [5, 5.41) is 7.54. The van der Waals surface area contributed by atoms with E-state index in [4.69, 9.17) is 4.74 Å². The first-order valence-electron chi connectivity index (χ1n) is 11.4. The van der Waals surface area contributed by atoms with Crippen molar-refractivity contribution in [3.05, 3.63) is 59.9 Å². The normalized spacial score (nSPS) is 18.0. The van der Waals surface area contributed by atoms with Gasteiger partial charge in [-0.05, 0) is 55.7 Å². The standard InChI is InChI=1S/C24H28F2N6O.H2/c1-17-10-20(28-24-27-16-32(29-24)23-13-18(25)12-19(26)14-23)15-22(11-17)31-6-4-30(5-7-31)21-2-8-33-9-3-21;/h10-16,21H,2-9H2,1H3,(H,28,29);1H. The highest BCUT2D eigenvalue weighted by Gasteiger charge is 2.25. The average Bonchev–Trinajstić information content (AvgIpc) is 3.27. The number of hydrogen-bond acceptors (Lipinski definition) is 6. The number of piperazine rings is 1. The van der Waals surface area contributed by atoms with Crippen molar-refractivity contribution in [1.29, 1.82) is 0 Å². The lowest BCUT2D eigenvalue weighted by Gasteiger charge is -2.41. The van der Waals surface area contributed by atoms with Gasteiger partial charge in [-0.3, -0.25) is 4.90 Å². The fourth-order valence-corrected chi connectivity index (χ4v) is 4.66. The van der Waals surface area contributed by atoms with Crippen LogP contribution >= 0.6 is 0 Å². The molecular weight excluding hydrogens is 426 g/mol. The number of rotatable bonds is 5. The van der Waals surface area contributed by atoms with Crippen LogP contribution in [-0.2, 0) is 4.74 Å². The quantitative estimate of drug-likeness (QED) is 0.623. The van der Waals surface area contributed by atoms with E-state index in [2.05, 4.69) is 44.3 Å². The zero-order valence-electron chi connectivity index (χ0n) is 18.7. The minimum absolute atomic E-state index is 0. The summed E-state index contributed by atoms with van der Waals surface area (Å²) in [7, 11) is 0. The van der Waals surface area contributed by atoms with Crippen molar-refractivity contribution in [2.75, 3.05) is 49.6 Å². The summed E-state index contributed by atoms with van der Waals surface area (Å²) in [4.78, 5) is 9.26. The van der Waals surface area contributed by atoms with E-state index in [1.807, 2.05) is 6.07 Å². The van der Waals surface area contributed by atoms with E-state index in [-0.39, 0.29) is 7.11 Å². The molecule has 1 N–H and O–H groups in total. The van der Waals surface area contributed by atoms with Crippen molar-refractivity contribution in [1.82, 2.24) is 19.7 Å². The second kappa shape index (κ2) is 9.44. The van der Waals surface area contributed by atoms with Gasteiger partial charge in [-0.1, -0.05) is 0 Å². The Morgan fingerprint density at radius 3 is 2.39 bits per heavy atom. The van der Waals surface area contributed by atoms with Crippen LogP contribution in [0.5, 0.6) is 0 Å². The molecule has 1 aromatic heterocycles. The van der Waals surface area contributed by atoms with Crippen LogP contribution in [-0.4, -0.2) is 65.1 Å². The molecule has 0 bridgehead atoms. The molecule has 2 saturated heterocycles. The van der Waals surface area contributed by atoms with Gasteiger partial charge < -0.3 is 15.0 Å². The van der Waals surface area contributed by atoms with Gasteiger partial charge in [-0.2, -0.15) is 4.98 Å². The number of ether oxygens (including phenoxy) is 1. The van der Waals surface area contributed by atoms with Crippen LogP contribution in [0.1, 0.15) is 19.8 Å². The summed E-state index contributed by atoms with van der Waals surface area (Å²) in [6.07, 6.45) is 3.68. The Hall–Kier alpha value is -3.04. The Morgan fingerprint density at radius 2 is 1.67 bits per heavy atom. The molecule has 0 spiro atoms. The molecule has 3 heterocycles. The number of aromatic nitrogens is 3. The molecule has 2 aromatic carbocycles. The van der Waals surface area contributed by atoms with Gasteiger partial charge in [0.05, 0.1) is 5.69 Å². The Morgan fingerprint density at radius 1 is 0.939 bits per heavy atom. The topological polar surface area (TPSA) is 58.5 Å². The number of benzene rings is 2. The average molecular weight is 457 g/mol. The van der Waals surface area contributed by atoms with E-state index in [0.29, 0.717) is 12.0 Å². The third kappa shape index (κ3) is 5.15. The minimum atomic E-state index is -0.657. The van der Waals surface area contributed by atoms with Crippen LogP contribution in [0.15, 0.2) is 42.7 Å². The van der Waals surface area contributed by atoms with E-state index >= 15 is 0 Å². The van der Waals surface area contributed by atoms with Crippen molar-refractivity contribution in [3.63, 3.8) is 0 Å². The van der Waals surface area contributed by atoms with Gasteiger partial charge in [0, 0.05) is 64.3 Å². The van der Waals surface area contributed by atoms with Gasteiger partial charge in [-0.15, -0.1) is 5.10 Å². The van der Waals surface area contributed by atoms with Crippen molar-refractivity contribution < 1.29 is 14.9 Å². The maximum atomic E-state index is 13.5. The van der Waals surface area contributed by atoms with E-state index in [0.717, 1.165) is 75.2 Å². The van der Waals surface area contributed by atoms with Gasteiger partial charge in [0.2, 0.25) is 5.95 Å². The number of nitrogens with one attached hydrogen (secondary N) is 1. The Bertz CT molecular complexity index is 1090. The van der Waals surface area contributed by atoms with Crippen LogP contribution in [0.3, 0.4) is 0 Å². The van der Waals surface area contributed by atoms with Gasteiger partial charge in [-0.25, -0.2) is 13.5 Å². The first-order valence-corrected chi connectivity index (χ1v) is 11.4. The van der Waals surface area contributed by atoms with Crippen LogP contribution in [0.4, 0.5) is 26.1 Å². The Balaban J connectivity index is 0.00000274. The number of halogens is 2. The van der Waals surface area contributed by atoms with Crippen LogP contribution < -0.4 is 10.2 Å². The van der Waals surface area contributed by atoms with Crippen molar-refractivity contribution in [3.8, 4) is 5.69 Å². The van der Waals surface area contributed by atoms with E-state index in [9.17, 15) is 8.78 Å². The molecule has 2 aliphatic heterocycles. The summed E-state index contributed by atoms with van der Waals surface area (Å²) in [6.45, 7) is 7.88. The number of aryl methyl sites for hydroxylation is 1. The molecule has 176 valence electrons. The Labute approximate surface area is 193 Å².